The van der Waals surface area contributed by atoms with Crippen LogP contribution < -0.4 is 5.73 Å². The molecule has 1 heterocycles. The fourth-order valence-electron chi connectivity index (χ4n) is 1.72. The van der Waals surface area contributed by atoms with Crippen LogP contribution in [0.15, 0.2) is 0 Å². The van der Waals surface area contributed by atoms with Crippen LogP contribution in [0.5, 0.6) is 0 Å². The fraction of sp³-hybridized carbons (Fsp3) is 0.875. The van der Waals surface area contributed by atoms with Gasteiger partial charge in [-0.3, -0.25) is 0 Å². The van der Waals surface area contributed by atoms with Gasteiger partial charge in [-0.05, 0) is 13.0 Å². The van der Waals surface area contributed by atoms with Gasteiger partial charge in [0.1, 0.15) is 0 Å². The summed E-state index contributed by atoms with van der Waals surface area (Å²) in [6, 6.07) is 0. The van der Waals surface area contributed by atoms with E-state index in [0.717, 1.165) is 6.42 Å². The van der Waals surface area contributed by atoms with Gasteiger partial charge < -0.3 is 20.5 Å². The molecule has 0 saturated carbocycles. The molecule has 1 fully saturated rings. The Morgan fingerprint density at radius 2 is 2.46 bits per heavy atom. The van der Waals surface area contributed by atoms with Crippen LogP contribution in [-0.4, -0.2) is 48.9 Å². The van der Waals surface area contributed by atoms with Gasteiger partial charge in [0.2, 0.25) is 0 Å². The van der Waals surface area contributed by atoms with Crippen molar-refractivity contribution in [3.05, 3.63) is 0 Å². The first-order valence-corrected chi connectivity index (χ1v) is 4.39. The lowest BCUT2D eigenvalue weighted by molar-refractivity contribution is 0.00106. The number of amides is 1. The molecule has 0 radical (unpaired) electrons. The van der Waals surface area contributed by atoms with Gasteiger partial charge in [0.15, 0.2) is 0 Å². The molecular weight excluding hydrogens is 172 g/mol. The molecule has 2 unspecified atom stereocenters. The highest BCUT2D eigenvalue weighted by Crippen LogP contribution is 2.18. The number of rotatable bonds is 2. The molecule has 1 rings (SSSR count). The average molecular weight is 188 g/mol. The topological polar surface area (TPSA) is 75.8 Å². The third-order valence-corrected chi connectivity index (χ3v) is 2.54. The third kappa shape index (κ3) is 2.32. The molecular formula is C8H16N2O3. The smallest absolute Gasteiger partial charge is 0.407 e. The number of piperidine rings is 1. The Morgan fingerprint density at radius 3 is 2.92 bits per heavy atom. The first-order valence-electron chi connectivity index (χ1n) is 4.39. The summed E-state index contributed by atoms with van der Waals surface area (Å²) in [6.45, 7) is 1.51. The predicted octanol–water partition coefficient (Wildman–Crippen LogP) is -0.0400. The number of likely N-dealkylation sites (tertiary alicyclic amines) is 1. The molecule has 0 spiro atoms. The van der Waals surface area contributed by atoms with Crippen LogP contribution >= 0.6 is 0 Å². The van der Waals surface area contributed by atoms with Gasteiger partial charge in [0, 0.05) is 26.1 Å². The summed E-state index contributed by atoms with van der Waals surface area (Å²) in [7, 11) is 1.64. The summed E-state index contributed by atoms with van der Waals surface area (Å²) in [4.78, 5) is 12.1. The normalized spacial score (nSPS) is 28.9. The van der Waals surface area contributed by atoms with Gasteiger partial charge in [-0.2, -0.15) is 0 Å². The predicted molar refractivity (Wildman–Crippen MR) is 47.6 cm³/mol. The molecule has 76 valence electrons. The Morgan fingerprint density at radius 1 is 1.77 bits per heavy atom. The minimum absolute atomic E-state index is 0.112. The van der Waals surface area contributed by atoms with Gasteiger partial charge in [0.25, 0.3) is 0 Å². The quantitative estimate of drug-likeness (QED) is 0.637. The Bertz CT molecular complexity index is 186. The summed E-state index contributed by atoms with van der Waals surface area (Å²) < 4.78 is 5.22. The third-order valence-electron chi connectivity index (χ3n) is 2.54. The molecule has 3 N–H and O–H groups in total. The van der Waals surface area contributed by atoms with Crippen molar-refractivity contribution < 1.29 is 14.6 Å². The number of nitrogens with two attached hydrogens (primary N) is 1. The fourth-order valence-corrected chi connectivity index (χ4v) is 1.72. The van der Waals surface area contributed by atoms with E-state index >= 15 is 0 Å². The lowest BCUT2D eigenvalue weighted by atomic mass is 9.95. The number of ether oxygens (including phenoxy) is 1. The maximum Gasteiger partial charge on any atom is 0.407 e. The molecule has 5 heteroatoms. The molecule has 13 heavy (non-hydrogen) atoms. The Balaban J connectivity index is 2.52. The molecule has 0 aromatic rings. The zero-order chi connectivity index (χ0) is 9.84. The van der Waals surface area contributed by atoms with Crippen molar-refractivity contribution in [3.8, 4) is 0 Å². The van der Waals surface area contributed by atoms with Crippen molar-refractivity contribution in [1.82, 2.24) is 4.90 Å². The molecule has 0 bridgehead atoms. The monoisotopic (exact) mass is 188 g/mol. The van der Waals surface area contributed by atoms with Crippen LogP contribution in [0.25, 0.3) is 0 Å². The van der Waals surface area contributed by atoms with Crippen LogP contribution in [-0.2, 0) is 4.74 Å². The van der Waals surface area contributed by atoms with Gasteiger partial charge in [0.05, 0.1) is 6.10 Å². The largest absolute Gasteiger partial charge is 0.465 e. The van der Waals surface area contributed by atoms with E-state index in [4.69, 9.17) is 15.6 Å². The summed E-state index contributed by atoms with van der Waals surface area (Å²) in [5.74, 6) is 0.134. The number of methoxy groups -OCH3 is 1. The lowest BCUT2D eigenvalue weighted by Gasteiger charge is -2.35. The van der Waals surface area contributed by atoms with E-state index in [1.54, 1.807) is 7.11 Å². The lowest BCUT2D eigenvalue weighted by Crippen LogP contribution is -2.48. The molecule has 1 saturated heterocycles. The summed E-state index contributed by atoms with van der Waals surface area (Å²) in [5, 5.41) is 8.75. The molecule has 0 aromatic heterocycles. The number of hydrogen-bond donors (Lipinski definition) is 2. The van der Waals surface area contributed by atoms with Crippen molar-refractivity contribution in [3.63, 3.8) is 0 Å². The second-order valence-corrected chi connectivity index (χ2v) is 3.29. The second kappa shape index (κ2) is 4.43. The van der Waals surface area contributed by atoms with Gasteiger partial charge in [-0.15, -0.1) is 0 Å². The second-order valence-electron chi connectivity index (χ2n) is 3.29. The molecule has 2 atom stereocenters. The highest BCUT2D eigenvalue weighted by molar-refractivity contribution is 5.65. The van der Waals surface area contributed by atoms with Gasteiger partial charge in [-0.1, -0.05) is 0 Å². The van der Waals surface area contributed by atoms with Crippen molar-refractivity contribution >= 4 is 6.09 Å². The summed E-state index contributed by atoms with van der Waals surface area (Å²) in [5.41, 5.74) is 5.53. The van der Waals surface area contributed by atoms with E-state index in [2.05, 4.69) is 0 Å². The van der Waals surface area contributed by atoms with E-state index in [1.807, 2.05) is 0 Å². The van der Waals surface area contributed by atoms with Crippen molar-refractivity contribution in [2.24, 2.45) is 11.7 Å². The van der Waals surface area contributed by atoms with E-state index < -0.39 is 6.09 Å². The maximum absolute atomic E-state index is 10.7. The van der Waals surface area contributed by atoms with Crippen LogP contribution in [0, 0.1) is 5.92 Å². The molecule has 0 aromatic carbocycles. The van der Waals surface area contributed by atoms with E-state index in [9.17, 15) is 4.79 Å². The van der Waals surface area contributed by atoms with Crippen molar-refractivity contribution in [2.45, 2.75) is 12.5 Å². The van der Waals surface area contributed by atoms with E-state index in [0.29, 0.717) is 19.6 Å². The van der Waals surface area contributed by atoms with Crippen LogP contribution in [0.4, 0.5) is 4.79 Å². The SMILES string of the molecule is COC1CCN(C(=O)O)CC1CN. The summed E-state index contributed by atoms with van der Waals surface area (Å²) in [6.07, 6.45) is -0.0152. The zero-order valence-corrected chi connectivity index (χ0v) is 7.77. The van der Waals surface area contributed by atoms with Crippen LogP contribution in [0.1, 0.15) is 6.42 Å². The number of carboxylic acid groups (broad SMARTS) is 1. The van der Waals surface area contributed by atoms with Gasteiger partial charge in [-0.25, -0.2) is 4.79 Å². The molecule has 5 nitrogen and oxygen atoms in total. The van der Waals surface area contributed by atoms with Crippen LogP contribution in [0.3, 0.4) is 0 Å². The molecule has 1 aliphatic heterocycles. The van der Waals surface area contributed by atoms with Crippen molar-refractivity contribution in [1.29, 1.82) is 0 Å². The summed E-state index contributed by atoms with van der Waals surface area (Å²) >= 11 is 0. The van der Waals surface area contributed by atoms with E-state index in [-0.39, 0.29) is 12.0 Å². The number of hydrogen-bond acceptors (Lipinski definition) is 3. The Kier molecular flexibility index (Phi) is 3.50. The first kappa shape index (κ1) is 10.3. The molecule has 1 aliphatic rings. The first-order chi connectivity index (χ1) is 6.19. The van der Waals surface area contributed by atoms with Crippen molar-refractivity contribution in [2.75, 3.05) is 26.7 Å². The van der Waals surface area contributed by atoms with Gasteiger partial charge >= 0.3 is 6.09 Å². The Hall–Kier alpha value is -0.810. The van der Waals surface area contributed by atoms with Crippen LogP contribution in [0.2, 0.25) is 0 Å². The Labute approximate surface area is 77.5 Å². The maximum atomic E-state index is 10.7. The van der Waals surface area contributed by atoms with E-state index in [1.165, 1.54) is 4.90 Å². The number of carbonyl (C=O) groups is 1. The standard InChI is InChI=1S/C8H16N2O3/c1-13-7-2-3-10(8(11)12)5-6(7)4-9/h6-7H,2-5,9H2,1H3,(H,11,12). The average Bonchev–Trinajstić information content (AvgIpc) is 2.16. The molecule has 0 aliphatic carbocycles. The zero-order valence-electron chi connectivity index (χ0n) is 7.77. The number of nitrogens with zero attached hydrogens (tertiary/aromatic N) is 1. The minimum atomic E-state index is -0.868. The highest BCUT2D eigenvalue weighted by atomic mass is 16.5. The molecule has 1 amide bonds. The highest BCUT2D eigenvalue weighted by Gasteiger charge is 2.30. The minimum Gasteiger partial charge on any atom is -0.465 e.